The van der Waals surface area contributed by atoms with Gasteiger partial charge in [-0.25, -0.2) is 0 Å². The van der Waals surface area contributed by atoms with Crippen molar-refractivity contribution in [3.8, 4) is 0 Å². The number of esters is 1. The first-order valence-electron chi connectivity index (χ1n) is 5.28. The zero-order valence-electron chi connectivity index (χ0n) is 8.49. The molecule has 0 saturated carbocycles. The first-order chi connectivity index (χ1) is 6.75. The molecule has 3 heteroatoms. The molecular formula is C11H16O3. The Morgan fingerprint density at radius 3 is 3.07 bits per heavy atom. The van der Waals surface area contributed by atoms with Crippen molar-refractivity contribution in [3.05, 3.63) is 11.8 Å². The lowest BCUT2D eigenvalue weighted by molar-refractivity contribution is -0.137. The van der Waals surface area contributed by atoms with Gasteiger partial charge in [-0.15, -0.1) is 0 Å². The molecule has 0 spiro atoms. The maximum Gasteiger partial charge on any atom is 0.307 e. The molecule has 0 unspecified atom stereocenters. The van der Waals surface area contributed by atoms with Crippen LogP contribution in [0, 0.1) is 0 Å². The second-order valence-corrected chi connectivity index (χ2v) is 3.95. The number of carbonyl (C=O) groups excluding carboxylic acids is 1. The fraction of sp³-hybridized carbons (Fsp3) is 0.727. The summed E-state index contributed by atoms with van der Waals surface area (Å²) in [6.07, 6.45) is 8.04. The normalized spacial score (nSPS) is 35.4. The molecule has 78 valence electrons. The Morgan fingerprint density at radius 1 is 1.50 bits per heavy atom. The molecule has 1 saturated heterocycles. The Bertz CT molecular complexity index is 257. The monoisotopic (exact) mass is 196 g/mol. The molecule has 0 N–H and O–H groups in total. The van der Waals surface area contributed by atoms with Crippen molar-refractivity contribution in [2.75, 3.05) is 0 Å². The highest BCUT2D eigenvalue weighted by Crippen LogP contribution is 2.33. The van der Waals surface area contributed by atoms with Crippen LogP contribution in [0.3, 0.4) is 0 Å². The molecule has 2 aliphatic rings. The average molecular weight is 196 g/mol. The predicted octanol–water partition coefficient (Wildman–Crippen LogP) is 2.16. The van der Waals surface area contributed by atoms with Crippen molar-refractivity contribution in [2.24, 2.45) is 0 Å². The van der Waals surface area contributed by atoms with Crippen LogP contribution >= 0.6 is 0 Å². The minimum atomic E-state index is -0.211. The molecule has 1 aliphatic heterocycles. The van der Waals surface area contributed by atoms with Crippen LogP contribution < -0.4 is 0 Å². The highest BCUT2D eigenvalue weighted by molar-refractivity contribution is 5.67. The third kappa shape index (κ3) is 2.58. The van der Waals surface area contributed by atoms with Gasteiger partial charge in [0.05, 0.1) is 12.2 Å². The fourth-order valence-corrected chi connectivity index (χ4v) is 1.95. The van der Waals surface area contributed by atoms with Gasteiger partial charge in [-0.3, -0.25) is 4.79 Å². The lowest BCUT2D eigenvalue weighted by atomic mass is 10.1. The summed E-state index contributed by atoms with van der Waals surface area (Å²) in [6.45, 7) is 1.45. The summed E-state index contributed by atoms with van der Waals surface area (Å²) in [4.78, 5) is 10.8. The van der Waals surface area contributed by atoms with E-state index in [4.69, 9.17) is 9.47 Å². The lowest BCUT2D eigenvalue weighted by Crippen LogP contribution is -1.99. The standard InChI is InChI=1S/C11H16O3/c1-8(12)13-9-4-2-6-10-11(14-10)7-3-5-9/h4,10-11H,2-3,5-7H2,1H3/b9-4+/t10-,11-/m0/s1. The SMILES string of the molecule is CC(=O)O/C1=C/CC[C@@H]2O[C@H]2CCC1. The zero-order valence-corrected chi connectivity index (χ0v) is 8.49. The molecule has 0 aromatic carbocycles. The van der Waals surface area contributed by atoms with Gasteiger partial charge in [-0.05, 0) is 31.8 Å². The first kappa shape index (κ1) is 9.71. The van der Waals surface area contributed by atoms with Gasteiger partial charge in [0.1, 0.15) is 5.76 Å². The summed E-state index contributed by atoms with van der Waals surface area (Å²) < 4.78 is 10.6. The maximum absolute atomic E-state index is 10.8. The molecule has 2 rings (SSSR count). The van der Waals surface area contributed by atoms with Gasteiger partial charge in [0.2, 0.25) is 0 Å². The van der Waals surface area contributed by atoms with Crippen LogP contribution in [-0.2, 0) is 14.3 Å². The van der Waals surface area contributed by atoms with Gasteiger partial charge >= 0.3 is 5.97 Å². The van der Waals surface area contributed by atoms with Crippen LogP contribution in [0.25, 0.3) is 0 Å². The van der Waals surface area contributed by atoms with E-state index < -0.39 is 0 Å². The van der Waals surface area contributed by atoms with E-state index in [1.807, 2.05) is 6.08 Å². The highest BCUT2D eigenvalue weighted by Gasteiger charge is 2.37. The largest absolute Gasteiger partial charge is 0.432 e. The van der Waals surface area contributed by atoms with Crippen LogP contribution in [0.5, 0.6) is 0 Å². The van der Waals surface area contributed by atoms with Crippen molar-refractivity contribution in [3.63, 3.8) is 0 Å². The van der Waals surface area contributed by atoms with Crippen LogP contribution in [0.15, 0.2) is 11.8 Å². The number of allylic oxidation sites excluding steroid dienone is 2. The first-order valence-corrected chi connectivity index (χ1v) is 5.28. The van der Waals surface area contributed by atoms with E-state index in [-0.39, 0.29) is 5.97 Å². The number of hydrogen-bond donors (Lipinski definition) is 0. The molecule has 3 nitrogen and oxygen atoms in total. The number of ether oxygens (including phenoxy) is 2. The van der Waals surface area contributed by atoms with Gasteiger partial charge in [-0.2, -0.15) is 0 Å². The molecule has 1 fully saturated rings. The van der Waals surface area contributed by atoms with Crippen LogP contribution in [0.4, 0.5) is 0 Å². The molecular weight excluding hydrogens is 180 g/mol. The molecule has 0 radical (unpaired) electrons. The Balaban J connectivity index is 1.88. The number of epoxide rings is 1. The molecule has 0 aromatic heterocycles. The van der Waals surface area contributed by atoms with Crippen molar-refractivity contribution >= 4 is 5.97 Å². The van der Waals surface area contributed by atoms with Crippen molar-refractivity contribution < 1.29 is 14.3 Å². The van der Waals surface area contributed by atoms with E-state index in [2.05, 4.69) is 0 Å². The van der Waals surface area contributed by atoms with Crippen LogP contribution in [0.1, 0.15) is 39.0 Å². The average Bonchev–Trinajstić information content (AvgIpc) is 2.81. The highest BCUT2D eigenvalue weighted by atomic mass is 16.6. The summed E-state index contributed by atoms with van der Waals surface area (Å²) in [5.41, 5.74) is 0. The fourth-order valence-electron chi connectivity index (χ4n) is 1.95. The lowest BCUT2D eigenvalue weighted by Gasteiger charge is -2.05. The zero-order chi connectivity index (χ0) is 9.97. The smallest absolute Gasteiger partial charge is 0.307 e. The Morgan fingerprint density at radius 2 is 2.29 bits per heavy atom. The van der Waals surface area contributed by atoms with Gasteiger partial charge in [-0.1, -0.05) is 0 Å². The van der Waals surface area contributed by atoms with Crippen LogP contribution in [-0.4, -0.2) is 18.2 Å². The summed E-state index contributed by atoms with van der Waals surface area (Å²) >= 11 is 0. The molecule has 0 bridgehead atoms. The Hall–Kier alpha value is -0.830. The van der Waals surface area contributed by atoms with Crippen molar-refractivity contribution in [1.29, 1.82) is 0 Å². The van der Waals surface area contributed by atoms with Gasteiger partial charge in [0.25, 0.3) is 0 Å². The van der Waals surface area contributed by atoms with Gasteiger partial charge < -0.3 is 9.47 Å². The molecule has 0 amide bonds. The summed E-state index contributed by atoms with van der Waals surface area (Å²) in [7, 11) is 0. The quantitative estimate of drug-likeness (QED) is 0.476. The number of rotatable bonds is 1. The third-order valence-corrected chi connectivity index (χ3v) is 2.70. The molecule has 1 aliphatic carbocycles. The predicted molar refractivity (Wildman–Crippen MR) is 51.6 cm³/mol. The number of carbonyl (C=O) groups is 1. The second kappa shape index (κ2) is 4.13. The molecule has 2 atom stereocenters. The minimum Gasteiger partial charge on any atom is -0.432 e. The van der Waals surface area contributed by atoms with Crippen molar-refractivity contribution in [2.45, 2.75) is 51.2 Å². The number of fused-ring (bicyclic) bond motifs is 1. The Kier molecular flexibility index (Phi) is 2.87. The van der Waals surface area contributed by atoms with E-state index in [1.165, 1.54) is 6.92 Å². The van der Waals surface area contributed by atoms with E-state index in [9.17, 15) is 4.79 Å². The number of hydrogen-bond acceptors (Lipinski definition) is 3. The minimum absolute atomic E-state index is 0.211. The van der Waals surface area contributed by atoms with Crippen LogP contribution in [0.2, 0.25) is 0 Å². The summed E-state index contributed by atoms with van der Waals surface area (Å²) in [5.74, 6) is 0.635. The molecule has 1 heterocycles. The van der Waals surface area contributed by atoms with Gasteiger partial charge in [0.15, 0.2) is 0 Å². The van der Waals surface area contributed by atoms with E-state index >= 15 is 0 Å². The van der Waals surface area contributed by atoms with E-state index in [1.54, 1.807) is 0 Å². The molecule has 14 heavy (non-hydrogen) atoms. The van der Waals surface area contributed by atoms with E-state index in [0.29, 0.717) is 12.2 Å². The second-order valence-electron chi connectivity index (χ2n) is 3.95. The summed E-state index contributed by atoms with van der Waals surface area (Å²) in [6, 6.07) is 0. The summed E-state index contributed by atoms with van der Waals surface area (Å²) in [5, 5.41) is 0. The van der Waals surface area contributed by atoms with E-state index in [0.717, 1.165) is 37.9 Å². The third-order valence-electron chi connectivity index (χ3n) is 2.70. The maximum atomic E-state index is 10.8. The van der Waals surface area contributed by atoms with Gasteiger partial charge in [0, 0.05) is 13.3 Å². The Labute approximate surface area is 84.1 Å². The molecule has 0 aromatic rings. The van der Waals surface area contributed by atoms with Crippen molar-refractivity contribution in [1.82, 2.24) is 0 Å². The topological polar surface area (TPSA) is 38.8 Å².